The summed E-state index contributed by atoms with van der Waals surface area (Å²) < 4.78 is 20.1. The average molecular weight is 354 g/mol. The molecule has 2 aromatic rings. The minimum Gasteiger partial charge on any atom is -0.455 e. The van der Waals surface area contributed by atoms with Gasteiger partial charge in [-0.1, -0.05) is 0 Å². The maximum absolute atomic E-state index is 13.9. The Labute approximate surface area is 150 Å². The number of piperidine rings is 3. The second kappa shape index (κ2) is 5.98. The summed E-state index contributed by atoms with van der Waals surface area (Å²) in [5.74, 6) is 0.522. The van der Waals surface area contributed by atoms with Crippen molar-refractivity contribution in [3.05, 3.63) is 36.7 Å². The Morgan fingerprint density at radius 1 is 1.23 bits per heavy atom. The first kappa shape index (κ1) is 15.6. The lowest BCUT2D eigenvalue weighted by molar-refractivity contribution is -0.0829. The fraction of sp³-hybridized carbons (Fsp3) is 0.444. The molecular formula is C18H19FN6O. The molecular weight excluding hydrogens is 335 g/mol. The molecule has 4 aliphatic rings. The van der Waals surface area contributed by atoms with Crippen LogP contribution in [0.15, 0.2) is 35.7 Å². The topological polar surface area (TPSA) is 75.5 Å². The largest absolute Gasteiger partial charge is 0.455 e. The highest BCUT2D eigenvalue weighted by Crippen LogP contribution is 2.40. The third-order valence-corrected chi connectivity index (χ3v) is 5.55. The van der Waals surface area contributed by atoms with Crippen LogP contribution < -0.4 is 5.32 Å². The molecule has 2 bridgehead atoms. The van der Waals surface area contributed by atoms with Crippen molar-refractivity contribution in [1.29, 1.82) is 0 Å². The van der Waals surface area contributed by atoms with Gasteiger partial charge in [-0.25, -0.2) is 19.9 Å². The van der Waals surface area contributed by atoms with Crippen molar-refractivity contribution < 1.29 is 9.13 Å². The third-order valence-electron chi connectivity index (χ3n) is 5.55. The number of halogens is 1. The first-order chi connectivity index (χ1) is 12.7. The normalized spacial score (nSPS) is 29.5. The van der Waals surface area contributed by atoms with Crippen LogP contribution in [0.5, 0.6) is 0 Å². The van der Waals surface area contributed by atoms with E-state index in [2.05, 4.69) is 30.2 Å². The summed E-state index contributed by atoms with van der Waals surface area (Å²) in [4.78, 5) is 19.0. The van der Waals surface area contributed by atoms with Gasteiger partial charge in [-0.15, -0.1) is 0 Å². The van der Waals surface area contributed by atoms with Crippen molar-refractivity contribution in [2.24, 2.45) is 10.9 Å². The van der Waals surface area contributed by atoms with Gasteiger partial charge in [0.1, 0.15) is 17.7 Å². The molecule has 0 aliphatic carbocycles. The van der Waals surface area contributed by atoms with Gasteiger partial charge in [0, 0.05) is 24.7 Å². The lowest BCUT2D eigenvalue weighted by Gasteiger charge is -2.50. The summed E-state index contributed by atoms with van der Waals surface area (Å²) in [7, 11) is 0. The van der Waals surface area contributed by atoms with E-state index in [1.54, 1.807) is 18.2 Å². The standard InChI is InChI=1S/C18H19FN6O/c19-16-13(2-1-5-20-16)14-8-15(23-11-22-14)24-17-21-9-18(26-17)10-25-6-3-12(18)4-7-25/h1-2,5,8,11-12H,3-4,6-7,9-10H2,(H,21,22,23,24). The van der Waals surface area contributed by atoms with Crippen LogP contribution in [0.3, 0.4) is 0 Å². The van der Waals surface area contributed by atoms with E-state index in [0.29, 0.717) is 35.6 Å². The summed E-state index contributed by atoms with van der Waals surface area (Å²) in [6.45, 7) is 3.92. The molecule has 4 aliphatic heterocycles. The number of ether oxygens (including phenoxy) is 1. The van der Waals surface area contributed by atoms with E-state index in [-0.39, 0.29) is 5.60 Å². The SMILES string of the molecule is Fc1ncccc1-c1cc(NC2=NCC3(CN4CCC3CC4)O2)ncn1. The first-order valence-corrected chi connectivity index (χ1v) is 8.88. The van der Waals surface area contributed by atoms with Gasteiger partial charge in [0.25, 0.3) is 6.02 Å². The summed E-state index contributed by atoms with van der Waals surface area (Å²) in [6, 6.07) is 5.47. The Kier molecular flexibility index (Phi) is 3.59. The molecule has 0 aromatic carbocycles. The molecule has 8 heteroatoms. The summed E-state index contributed by atoms with van der Waals surface area (Å²) in [5, 5.41) is 3.12. The molecule has 0 radical (unpaired) electrons. The van der Waals surface area contributed by atoms with Gasteiger partial charge in [0.15, 0.2) is 0 Å². The van der Waals surface area contributed by atoms with Gasteiger partial charge in [-0.2, -0.15) is 4.39 Å². The zero-order valence-electron chi connectivity index (χ0n) is 14.2. The minimum absolute atomic E-state index is 0.204. The molecule has 26 heavy (non-hydrogen) atoms. The van der Waals surface area contributed by atoms with Gasteiger partial charge >= 0.3 is 0 Å². The molecule has 134 valence electrons. The quantitative estimate of drug-likeness (QED) is 0.831. The molecule has 1 spiro atoms. The zero-order chi connectivity index (χ0) is 17.6. The van der Waals surface area contributed by atoms with Crippen LogP contribution in [0.4, 0.5) is 10.2 Å². The molecule has 3 fully saturated rings. The second-order valence-electron chi connectivity index (χ2n) is 7.09. The average Bonchev–Trinajstić information content (AvgIpc) is 3.05. The van der Waals surface area contributed by atoms with Crippen molar-refractivity contribution in [3.63, 3.8) is 0 Å². The van der Waals surface area contributed by atoms with E-state index in [1.165, 1.54) is 25.4 Å². The zero-order valence-corrected chi connectivity index (χ0v) is 14.2. The smallest absolute Gasteiger partial charge is 0.291 e. The fourth-order valence-corrected chi connectivity index (χ4v) is 4.21. The second-order valence-corrected chi connectivity index (χ2v) is 7.09. The van der Waals surface area contributed by atoms with Crippen LogP contribution in [-0.2, 0) is 4.74 Å². The number of aromatic nitrogens is 3. The monoisotopic (exact) mass is 354 g/mol. The van der Waals surface area contributed by atoms with Crippen molar-refractivity contribution in [2.75, 3.05) is 31.5 Å². The number of rotatable bonds is 2. The molecule has 1 N–H and O–H groups in total. The van der Waals surface area contributed by atoms with Crippen LogP contribution in [0.2, 0.25) is 0 Å². The molecule has 6 rings (SSSR count). The molecule has 7 nitrogen and oxygen atoms in total. The van der Waals surface area contributed by atoms with Crippen molar-refractivity contribution >= 4 is 11.8 Å². The molecule has 6 heterocycles. The lowest BCUT2D eigenvalue weighted by Crippen LogP contribution is -2.61. The Morgan fingerprint density at radius 2 is 2.12 bits per heavy atom. The van der Waals surface area contributed by atoms with E-state index in [0.717, 1.165) is 19.6 Å². The molecule has 1 atom stereocenters. The maximum Gasteiger partial charge on any atom is 0.291 e. The minimum atomic E-state index is -0.558. The Morgan fingerprint density at radius 3 is 2.88 bits per heavy atom. The highest BCUT2D eigenvalue weighted by Gasteiger charge is 2.51. The van der Waals surface area contributed by atoms with Crippen LogP contribution in [0.1, 0.15) is 12.8 Å². The Hall–Kier alpha value is -2.61. The number of fused-ring (bicyclic) bond motifs is 2. The Bertz CT molecular complexity index is 866. The predicted octanol–water partition coefficient (Wildman–Crippen LogP) is 1.94. The lowest BCUT2D eigenvalue weighted by atomic mass is 9.75. The summed E-state index contributed by atoms with van der Waals surface area (Å²) in [6.07, 6.45) is 5.14. The van der Waals surface area contributed by atoms with Gasteiger partial charge in [0.2, 0.25) is 5.95 Å². The summed E-state index contributed by atoms with van der Waals surface area (Å²) >= 11 is 0. The first-order valence-electron chi connectivity index (χ1n) is 8.88. The van der Waals surface area contributed by atoms with E-state index >= 15 is 0 Å². The van der Waals surface area contributed by atoms with Gasteiger partial charge in [0.05, 0.1) is 17.8 Å². The van der Waals surface area contributed by atoms with Gasteiger partial charge < -0.3 is 4.74 Å². The van der Waals surface area contributed by atoms with Gasteiger partial charge in [-0.3, -0.25) is 10.2 Å². The van der Waals surface area contributed by atoms with E-state index < -0.39 is 5.95 Å². The number of pyridine rings is 1. The molecule has 1 unspecified atom stereocenters. The van der Waals surface area contributed by atoms with Crippen molar-refractivity contribution in [2.45, 2.75) is 18.4 Å². The van der Waals surface area contributed by atoms with Crippen LogP contribution in [-0.4, -0.2) is 57.7 Å². The van der Waals surface area contributed by atoms with E-state index in [4.69, 9.17) is 4.74 Å². The number of anilines is 1. The van der Waals surface area contributed by atoms with Crippen LogP contribution in [0, 0.1) is 11.9 Å². The number of amidine groups is 1. The number of aliphatic imine (C=N–C) groups is 1. The highest BCUT2D eigenvalue weighted by atomic mass is 19.1. The van der Waals surface area contributed by atoms with Crippen molar-refractivity contribution in [3.8, 4) is 11.3 Å². The fourth-order valence-electron chi connectivity index (χ4n) is 4.21. The van der Waals surface area contributed by atoms with Crippen molar-refractivity contribution in [1.82, 2.24) is 19.9 Å². The van der Waals surface area contributed by atoms with E-state index in [9.17, 15) is 4.39 Å². The number of hydrogen-bond acceptors (Lipinski definition) is 7. The number of hydrogen-bond donors (Lipinski definition) is 1. The Balaban J connectivity index is 1.33. The maximum atomic E-state index is 13.9. The molecule has 0 saturated carbocycles. The van der Waals surface area contributed by atoms with Crippen LogP contribution >= 0.6 is 0 Å². The summed E-state index contributed by atoms with van der Waals surface area (Å²) in [5.41, 5.74) is 0.592. The van der Waals surface area contributed by atoms with Crippen LogP contribution in [0.25, 0.3) is 11.3 Å². The van der Waals surface area contributed by atoms with Gasteiger partial charge in [-0.05, 0) is 38.1 Å². The third kappa shape index (κ3) is 2.61. The highest BCUT2D eigenvalue weighted by molar-refractivity contribution is 5.90. The molecule has 3 saturated heterocycles. The molecule has 0 amide bonds. The molecule has 2 aromatic heterocycles. The predicted molar refractivity (Wildman–Crippen MR) is 94.1 cm³/mol. The number of nitrogens with zero attached hydrogens (tertiary/aromatic N) is 5. The number of nitrogens with one attached hydrogen (secondary N) is 1. The van der Waals surface area contributed by atoms with E-state index in [1.807, 2.05) is 0 Å².